The Labute approximate surface area is 186 Å². The second-order valence-corrected chi connectivity index (χ2v) is 11.3. The molecule has 1 saturated heterocycles. The van der Waals surface area contributed by atoms with Crippen molar-refractivity contribution in [3.8, 4) is 0 Å². The van der Waals surface area contributed by atoms with E-state index in [4.69, 9.17) is 4.74 Å². The zero-order valence-electron chi connectivity index (χ0n) is 18.8. The van der Waals surface area contributed by atoms with Crippen molar-refractivity contribution in [2.75, 3.05) is 19.4 Å². The maximum atomic E-state index is 12.8. The highest BCUT2D eigenvalue weighted by Gasteiger charge is 2.41. The van der Waals surface area contributed by atoms with Gasteiger partial charge < -0.3 is 14.7 Å². The normalized spacial score (nSPS) is 27.8. The van der Waals surface area contributed by atoms with Crippen LogP contribution in [0, 0.1) is 0 Å². The van der Waals surface area contributed by atoms with Crippen LogP contribution >= 0.6 is 0 Å². The smallest absolute Gasteiger partial charge is 0.254 e. The average molecular weight is 453 g/mol. The number of carbonyl (C=O) groups is 1. The molecule has 1 aromatic rings. The number of hydrogen-bond acceptors (Lipinski definition) is 5. The lowest BCUT2D eigenvalue weighted by molar-refractivity contribution is -0.155. The molecule has 0 bridgehead atoms. The topological polar surface area (TPSA) is 95.9 Å². The van der Waals surface area contributed by atoms with Gasteiger partial charge in [0.05, 0.1) is 25.0 Å². The number of aliphatic hydroxyl groups is 1. The first-order chi connectivity index (χ1) is 14.5. The average Bonchev–Trinajstić information content (AvgIpc) is 2.71. The Morgan fingerprint density at radius 1 is 1.16 bits per heavy atom. The number of nitrogens with one attached hydrogen (secondary N) is 1. The molecule has 31 heavy (non-hydrogen) atoms. The highest BCUT2D eigenvalue weighted by Crippen LogP contribution is 2.34. The number of rotatable bonds is 7. The van der Waals surface area contributed by atoms with Gasteiger partial charge in [0.15, 0.2) is 0 Å². The number of hydrogen-bond donors (Lipinski definition) is 2. The molecule has 2 N–H and O–H groups in total. The van der Waals surface area contributed by atoms with Gasteiger partial charge >= 0.3 is 0 Å². The van der Waals surface area contributed by atoms with Gasteiger partial charge in [0, 0.05) is 12.6 Å². The SMILES string of the molecule is CC(C)(O)C(=O)N1CCC[C@H](NS(C)(=O)=O)[C@@H]1CO[C@H]1CC[C@@H](c2ccccc2)CC1. The molecule has 7 nitrogen and oxygen atoms in total. The molecule has 8 heteroatoms. The predicted octanol–water partition coefficient (Wildman–Crippen LogP) is 2.41. The third-order valence-electron chi connectivity index (χ3n) is 6.38. The predicted molar refractivity (Wildman–Crippen MR) is 120 cm³/mol. The number of nitrogens with zero attached hydrogens (tertiary/aromatic N) is 1. The zero-order chi connectivity index (χ0) is 22.6. The van der Waals surface area contributed by atoms with E-state index in [1.807, 2.05) is 6.07 Å². The first-order valence-corrected chi connectivity index (χ1v) is 13.1. The number of sulfonamides is 1. The summed E-state index contributed by atoms with van der Waals surface area (Å²) in [5.41, 5.74) is -0.147. The first-order valence-electron chi connectivity index (χ1n) is 11.2. The minimum Gasteiger partial charge on any atom is -0.381 e. The number of likely N-dealkylation sites (tertiary alicyclic amines) is 1. The third-order valence-corrected chi connectivity index (χ3v) is 7.11. The molecule has 0 radical (unpaired) electrons. The van der Waals surface area contributed by atoms with Crippen LogP contribution in [0.1, 0.15) is 63.9 Å². The van der Waals surface area contributed by atoms with Crippen molar-refractivity contribution in [3.05, 3.63) is 35.9 Å². The molecule has 1 saturated carbocycles. The minimum atomic E-state index is -3.43. The van der Waals surface area contributed by atoms with Crippen LogP contribution in [0.3, 0.4) is 0 Å². The Morgan fingerprint density at radius 3 is 2.39 bits per heavy atom. The maximum Gasteiger partial charge on any atom is 0.254 e. The lowest BCUT2D eigenvalue weighted by atomic mass is 9.83. The van der Waals surface area contributed by atoms with Crippen molar-refractivity contribution in [1.82, 2.24) is 9.62 Å². The van der Waals surface area contributed by atoms with E-state index in [1.165, 1.54) is 19.4 Å². The highest BCUT2D eigenvalue weighted by atomic mass is 32.2. The fraction of sp³-hybridized carbons (Fsp3) is 0.696. The molecule has 2 aliphatic rings. The fourth-order valence-electron chi connectivity index (χ4n) is 4.80. The van der Waals surface area contributed by atoms with Gasteiger partial charge in [-0.25, -0.2) is 13.1 Å². The summed E-state index contributed by atoms with van der Waals surface area (Å²) in [5, 5.41) is 10.3. The number of benzene rings is 1. The van der Waals surface area contributed by atoms with Gasteiger partial charge in [-0.05, 0) is 63.9 Å². The molecular weight excluding hydrogens is 416 g/mol. The van der Waals surface area contributed by atoms with E-state index >= 15 is 0 Å². The number of piperidine rings is 1. The monoisotopic (exact) mass is 452 g/mol. The van der Waals surface area contributed by atoms with E-state index in [0.29, 0.717) is 25.3 Å². The Bertz CT molecular complexity index is 829. The Balaban J connectivity index is 1.64. The number of amides is 1. The lowest BCUT2D eigenvalue weighted by Gasteiger charge is -2.43. The van der Waals surface area contributed by atoms with Crippen molar-refractivity contribution in [1.29, 1.82) is 0 Å². The molecule has 0 spiro atoms. The van der Waals surface area contributed by atoms with E-state index in [9.17, 15) is 18.3 Å². The van der Waals surface area contributed by atoms with E-state index in [2.05, 4.69) is 29.0 Å². The molecule has 0 aromatic heterocycles. The molecule has 2 atom stereocenters. The molecule has 1 aliphatic heterocycles. The third kappa shape index (κ3) is 6.75. The second-order valence-electron chi connectivity index (χ2n) is 9.48. The summed E-state index contributed by atoms with van der Waals surface area (Å²) < 4.78 is 32.7. The molecule has 1 aliphatic carbocycles. The van der Waals surface area contributed by atoms with Crippen molar-refractivity contribution in [2.45, 2.75) is 82.1 Å². The van der Waals surface area contributed by atoms with Crippen molar-refractivity contribution in [3.63, 3.8) is 0 Å². The van der Waals surface area contributed by atoms with Crippen molar-refractivity contribution >= 4 is 15.9 Å². The van der Waals surface area contributed by atoms with E-state index in [0.717, 1.165) is 31.9 Å². The maximum absolute atomic E-state index is 12.8. The quantitative estimate of drug-likeness (QED) is 0.662. The lowest BCUT2D eigenvalue weighted by Crippen LogP contribution is -2.62. The van der Waals surface area contributed by atoms with Crippen LogP contribution in [-0.4, -0.2) is 67.5 Å². The first kappa shape index (κ1) is 24.2. The van der Waals surface area contributed by atoms with Gasteiger partial charge in [0.25, 0.3) is 5.91 Å². The highest BCUT2D eigenvalue weighted by molar-refractivity contribution is 7.88. The summed E-state index contributed by atoms with van der Waals surface area (Å²) in [4.78, 5) is 14.4. The van der Waals surface area contributed by atoms with Gasteiger partial charge in [-0.2, -0.15) is 0 Å². The largest absolute Gasteiger partial charge is 0.381 e. The molecule has 3 rings (SSSR count). The summed E-state index contributed by atoms with van der Waals surface area (Å²) in [6, 6.07) is 9.67. The van der Waals surface area contributed by atoms with Gasteiger partial charge in [-0.1, -0.05) is 30.3 Å². The molecule has 1 aromatic carbocycles. The summed E-state index contributed by atoms with van der Waals surface area (Å²) in [6.45, 7) is 3.67. The zero-order valence-corrected chi connectivity index (χ0v) is 19.6. The van der Waals surface area contributed by atoms with E-state index < -0.39 is 33.6 Å². The van der Waals surface area contributed by atoms with Gasteiger partial charge in [0.1, 0.15) is 5.60 Å². The molecular formula is C23H36N2O5S. The summed E-state index contributed by atoms with van der Waals surface area (Å²) in [7, 11) is -3.43. The van der Waals surface area contributed by atoms with E-state index in [-0.39, 0.29) is 12.7 Å². The minimum absolute atomic E-state index is 0.0971. The van der Waals surface area contributed by atoms with Crippen LogP contribution in [0.5, 0.6) is 0 Å². The molecule has 1 amide bonds. The van der Waals surface area contributed by atoms with Crippen LogP contribution in [0.25, 0.3) is 0 Å². The van der Waals surface area contributed by atoms with Crippen molar-refractivity contribution < 1.29 is 23.1 Å². The molecule has 0 unspecified atom stereocenters. The van der Waals surface area contributed by atoms with E-state index in [1.54, 1.807) is 4.90 Å². The summed E-state index contributed by atoms with van der Waals surface area (Å²) >= 11 is 0. The standard InChI is InChI=1S/C23H36N2O5S/c1-23(2,27)22(26)25-15-7-10-20(24-31(3,28)29)21(25)16-30-19-13-11-18(12-14-19)17-8-5-4-6-9-17/h4-6,8-9,18-21,24,27H,7,10-16H2,1-3H3/t18-,19+,20-,21-/m0/s1. The van der Waals surface area contributed by atoms with Gasteiger partial charge in [0.2, 0.25) is 10.0 Å². The Morgan fingerprint density at radius 2 is 1.81 bits per heavy atom. The number of carbonyl (C=O) groups excluding carboxylic acids is 1. The Hall–Kier alpha value is -1.48. The van der Waals surface area contributed by atoms with Crippen LogP contribution in [0.2, 0.25) is 0 Å². The number of ether oxygens (including phenoxy) is 1. The molecule has 2 fully saturated rings. The van der Waals surface area contributed by atoms with Gasteiger partial charge in [-0.15, -0.1) is 0 Å². The van der Waals surface area contributed by atoms with Gasteiger partial charge in [-0.3, -0.25) is 4.79 Å². The Kier molecular flexibility index (Phi) is 7.78. The summed E-state index contributed by atoms with van der Waals surface area (Å²) in [5.74, 6) is 0.150. The van der Waals surface area contributed by atoms with Crippen LogP contribution < -0.4 is 4.72 Å². The van der Waals surface area contributed by atoms with Crippen molar-refractivity contribution in [2.24, 2.45) is 0 Å². The van der Waals surface area contributed by atoms with Crippen LogP contribution in [0.4, 0.5) is 0 Å². The van der Waals surface area contributed by atoms with Crippen LogP contribution in [-0.2, 0) is 19.6 Å². The fourth-order valence-corrected chi connectivity index (χ4v) is 5.63. The molecule has 1 heterocycles. The van der Waals surface area contributed by atoms with Crippen LogP contribution in [0.15, 0.2) is 30.3 Å². The molecule has 174 valence electrons. The summed E-state index contributed by atoms with van der Waals surface area (Å²) in [6.07, 6.45) is 6.52. The second kappa shape index (κ2) is 9.98.